The van der Waals surface area contributed by atoms with Crippen LogP contribution in [0.5, 0.6) is 11.5 Å². The third kappa shape index (κ3) is 5.35. The quantitative estimate of drug-likeness (QED) is 0.684. The number of rotatable bonds is 6. The van der Waals surface area contributed by atoms with Crippen molar-refractivity contribution in [2.45, 2.75) is 6.92 Å². The van der Waals surface area contributed by atoms with Crippen LogP contribution in [0, 0.1) is 6.92 Å². The highest BCUT2D eigenvalue weighted by Crippen LogP contribution is 2.20. The summed E-state index contributed by atoms with van der Waals surface area (Å²) in [6.07, 6.45) is 0. The number of nitrogens with zero attached hydrogens (tertiary/aromatic N) is 5. The van der Waals surface area contributed by atoms with Crippen molar-refractivity contribution in [1.29, 1.82) is 0 Å². The Labute approximate surface area is 182 Å². The van der Waals surface area contributed by atoms with E-state index in [9.17, 15) is 4.79 Å². The molecule has 4 rings (SSSR count). The number of carbonyl (C=O) groups is 1. The van der Waals surface area contributed by atoms with E-state index < -0.39 is 0 Å². The molecule has 0 saturated carbocycles. The average molecular weight is 428 g/mol. The first-order valence-electron chi connectivity index (χ1n) is 10.6. The topological polar surface area (TPSA) is 80.3 Å². The lowest BCUT2D eigenvalue weighted by Crippen LogP contribution is -2.50. The molecule has 0 spiro atoms. The third-order valence-corrected chi connectivity index (χ3v) is 5.50. The molecule has 166 valence electrons. The van der Waals surface area contributed by atoms with Gasteiger partial charge in [-0.1, -0.05) is 0 Å². The molecular formula is C22H29N5O4. The second-order valence-electron chi connectivity index (χ2n) is 7.60. The van der Waals surface area contributed by atoms with Crippen molar-refractivity contribution in [3.8, 4) is 11.5 Å². The Morgan fingerprint density at radius 1 is 0.968 bits per heavy atom. The van der Waals surface area contributed by atoms with Gasteiger partial charge in [0, 0.05) is 51.0 Å². The first kappa shape index (κ1) is 21.2. The summed E-state index contributed by atoms with van der Waals surface area (Å²) < 4.78 is 16.2. The highest BCUT2D eigenvalue weighted by atomic mass is 16.5. The lowest BCUT2D eigenvalue weighted by molar-refractivity contribution is -0.133. The zero-order valence-corrected chi connectivity index (χ0v) is 18.1. The van der Waals surface area contributed by atoms with Crippen LogP contribution in [-0.4, -0.2) is 87.0 Å². The number of morpholine rings is 1. The van der Waals surface area contributed by atoms with Crippen molar-refractivity contribution in [3.05, 3.63) is 36.0 Å². The van der Waals surface area contributed by atoms with Gasteiger partial charge in [0.2, 0.25) is 5.95 Å². The Balaban J connectivity index is 1.30. The maximum Gasteiger partial charge on any atom is 0.260 e. The van der Waals surface area contributed by atoms with Gasteiger partial charge in [-0.3, -0.25) is 4.79 Å². The van der Waals surface area contributed by atoms with E-state index in [4.69, 9.17) is 19.2 Å². The first-order valence-corrected chi connectivity index (χ1v) is 10.6. The number of ether oxygens (including phenoxy) is 3. The molecule has 0 unspecified atom stereocenters. The fourth-order valence-electron chi connectivity index (χ4n) is 3.70. The van der Waals surface area contributed by atoms with Crippen molar-refractivity contribution >= 4 is 17.7 Å². The Morgan fingerprint density at radius 3 is 2.32 bits per heavy atom. The number of methoxy groups -OCH3 is 1. The first-order chi connectivity index (χ1) is 15.1. The maximum absolute atomic E-state index is 12.6. The molecule has 2 aliphatic rings. The van der Waals surface area contributed by atoms with Crippen LogP contribution < -0.4 is 19.3 Å². The van der Waals surface area contributed by atoms with Gasteiger partial charge in [-0.05, 0) is 31.2 Å². The number of aromatic nitrogens is 2. The van der Waals surface area contributed by atoms with Gasteiger partial charge in [0.1, 0.15) is 17.3 Å². The molecule has 0 bridgehead atoms. The minimum Gasteiger partial charge on any atom is -0.497 e. The molecule has 0 aliphatic carbocycles. The van der Waals surface area contributed by atoms with E-state index in [2.05, 4.69) is 14.8 Å². The van der Waals surface area contributed by atoms with E-state index in [0.29, 0.717) is 32.1 Å². The maximum atomic E-state index is 12.6. The van der Waals surface area contributed by atoms with Crippen LogP contribution in [0.3, 0.4) is 0 Å². The molecule has 2 fully saturated rings. The van der Waals surface area contributed by atoms with Crippen LogP contribution in [0.1, 0.15) is 5.69 Å². The summed E-state index contributed by atoms with van der Waals surface area (Å²) in [6, 6.07) is 9.23. The van der Waals surface area contributed by atoms with Gasteiger partial charge in [0.25, 0.3) is 5.91 Å². The molecule has 1 amide bonds. The highest BCUT2D eigenvalue weighted by molar-refractivity contribution is 5.78. The lowest BCUT2D eigenvalue weighted by atomic mass is 10.3. The van der Waals surface area contributed by atoms with Crippen molar-refractivity contribution in [1.82, 2.24) is 14.9 Å². The Bertz CT molecular complexity index is 878. The number of anilines is 2. The number of aryl methyl sites for hydroxylation is 1. The number of benzene rings is 1. The number of piperazine rings is 1. The predicted octanol–water partition coefficient (Wildman–Crippen LogP) is 1.36. The summed E-state index contributed by atoms with van der Waals surface area (Å²) in [7, 11) is 1.62. The molecule has 9 heteroatoms. The van der Waals surface area contributed by atoms with E-state index in [1.165, 1.54) is 0 Å². The largest absolute Gasteiger partial charge is 0.497 e. The van der Waals surface area contributed by atoms with Crippen LogP contribution in [0.15, 0.2) is 30.3 Å². The molecule has 1 aromatic carbocycles. The monoisotopic (exact) mass is 427 g/mol. The van der Waals surface area contributed by atoms with Crippen LogP contribution in [0.2, 0.25) is 0 Å². The van der Waals surface area contributed by atoms with Crippen LogP contribution in [0.25, 0.3) is 0 Å². The molecule has 2 saturated heterocycles. The number of carbonyl (C=O) groups excluding carboxylic acids is 1. The van der Waals surface area contributed by atoms with E-state index in [-0.39, 0.29) is 12.5 Å². The SMILES string of the molecule is COc1ccc(OCC(=O)N2CCN(c3cc(C)nc(N4CCOCC4)n3)CC2)cc1. The third-order valence-electron chi connectivity index (χ3n) is 5.50. The summed E-state index contributed by atoms with van der Waals surface area (Å²) in [4.78, 5) is 28.2. The van der Waals surface area contributed by atoms with Crippen LogP contribution in [0.4, 0.5) is 11.8 Å². The zero-order chi connectivity index (χ0) is 21.6. The van der Waals surface area contributed by atoms with E-state index in [0.717, 1.165) is 49.4 Å². The Kier molecular flexibility index (Phi) is 6.71. The van der Waals surface area contributed by atoms with E-state index in [1.54, 1.807) is 19.2 Å². The fourth-order valence-corrected chi connectivity index (χ4v) is 3.70. The molecular weight excluding hydrogens is 398 g/mol. The average Bonchev–Trinajstić information content (AvgIpc) is 2.83. The molecule has 3 heterocycles. The molecule has 2 aliphatic heterocycles. The smallest absolute Gasteiger partial charge is 0.260 e. The van der Waals surface area contributed by atoms with E-state index >= 15 is 0 Å². The van der Waals surface area contributed by atoms with Crippen LogP contribution in [-0.2, 0) is 9.53 Å². The van der Waals surface area contributed by atoms with Crippen molar-refractivity contribution in [2.24, 2.45) is 0 Å². The molecule has 1 aromatic heterocycles. The number of hydrogen-bond donors (Lipinski definition) is 0. The summed E-state index contributed by atoms with van der Waals surface area (Å²) in [5.74, 6) is 3.06. The summed E-state index contributed by atoms with van der Waals surface area (Å²) >= 11 is 0. The Hall–Kier alpha value is -3.07. The minimum atomic E-state index is -0.0108. The predicted molar refractivity (Wildman–Crippen MR) is 117 cm³/mol. The molecule has 9 nitrogen and oxygen atoms in total. The van der Waals surface area contributed by atoms with Gasteiger partial charge >= 0.3 is 0 Å². The van der Waals surface area contributed by atoms with Crippen molar-refractivity contribution in [3.63, 3.8) is 0 Å². The normalized spacial score (nSPS) is 16.9. The van der Waals surface area contributed by atoms with Gasteiger partial charge in [-0.15, -0.1) is 0 Å². The highest BCUT2D eigenvalue weighted by Gasteiger charge is 2.24. The van der Waals surface area contributed by atoms with E-state index in [1.807, 2.05) is 30.0 Å². The van der Waals surface area contributed by atoms with Gasteiger partial charge in [-0.25, -0.2) is 4.98 Å². The lowest BCUT2D eigenvalue weighted by Gasteiger charge is -2.36. The van der Waals surface area contributed by atoms with Gasteiger partial charge in [-0.2, -0.15) is 4.98 Å². The molecule has 0 N–H and O–H groups in total. The molecule has 31 heavy (non-hydrogen) atoms. The number of hydrogen-bond acceptors (Lipinski definition) is 8. The standard InChI is InChI=1S/C22H29N5O4/c1-17-15-20(24-22(23-17)27-11-13-30-14-12-27)25-7-9-26(10-8-25)21(28)16-31-19-5-3-18(29-2)4-6-19/h3-6,15H,7-14,16H2,1-2H3. The summed E-state index contributed by atoms with van der Waals surface area (Å²) in [6.45, 7) is 7.77. The minimum absolute atomic E-state index is 0.0108. The summed E-state index contributed by atoms with van der Waals surface area (Å²) in [5, 5.41) is 0. The molecule has 0 radical (unpaired) electrons. The molecule has 2 aromatic rings. The van der Waals surface area contributed by atoms with Gasteiger partial charge < -0.3 is 28.9 Å². The Morgan fingerprint density at radius 2 is 1.65 bits per heavy atom. The second-order valence-corrected chi connectivity index (χ2v) is 7.60. The fraction of sp³-hybridized carbons (Fsp3) is 0.500. The second kappa shape index (κ2) is 9.82. The van der Waals surface area contributed by atoms with Gasteiger partial charge in [0.15, 0.2) is 6.61 Å². The van der Waals surface area contributed by atoms with Crippen LogP contribution >= 0.6 is 0 Å². The summed E-state index contributed by atoms with van der Waals surface area (Å²) in [5.41, 5.74) is 0.942. The number of amides is 1. The van der Waals surface area contributed by atoms with Gasteiger partial charge in [0.05, 0.1) is 20.3 Å². The van der Waals surface area contributed by atoms with Crippen molar-refractivity contribution < 1.29 is 19.0 Å². The zero-order valence-electron chi connectivity index (χ0n) is 18.1. The molecule has 0 atom stereocenters. The van der Waals surface area contributed by atoms with Crippen molar-refractivity contribution in [2.75, 3.05) is 76.0 Å².